The zero-order valence-electron chi connectivity index (χ0n) is 15.5. The molecule has 1 saturated heterocycles. The number of carboxylic acid groups (broad SMARTS) is 1. The van der Waals surface area contributed by atoms with Crippen LogP contribution in [0.3, 0.4) is 0 Å². The molecular weight excluding hydrogens is 366 g/mol. The quantitative estimate of drug-likeness (QED) is 0.550. The summed E-state index contributed by atoms with van der Waals surface area (Å²) in [6, 6.07) is 0. The van der Waals surface area contributed by atoms with E-state index in [9.17, 15) is 22.8 Å². The zero-order valence-corrected chi connectivity index (χ0v) is 16.3. The summed E-state index contributed by atoms with van der Waals surface area (Å²) in [5.41, 5.74) is -0.610. The van der Waals surface area contributed by atoms with E-state index in [0.717, 1.165) is 10.6 Å². The second-order valence-corrected chi connectivity index (χ2v) is 9.20. The Bertz CT molecular complexity index is 642. The minimum atomic E-state index is -3.72. The van der Waals surface area contributed by atoms with E-state index in [1.54, 1.807) is 20.8 Å². The number of hydrogen-bond donors (Lipinski definition) is 2. The lowest BCUT2D eigenvalue weighted by molar-refractivity contribution is -0.142. The van der Waals surface area contributed by atoms with Crippen LogP contribution in [0.25, 0.3) is 0 Å². The van der Waals surface area contributed by atoms with Crippen LogP contribution in [0.4, 0.5) is 0 Å². The van der Waals surface area contributed by atoms with Gasteiger partial charge in [-0.3, -0.25) is 14.4 Å². The number of hydrogen-bond acceptors (Lipinski definition) is 6. The molecule has 10 nitrogen and oxygen atoms in total. The van der Waals surface area contributed by atoms with Crippen molar-refractivity contribution in [2.45, 2.75) is 26.9 Å². The van der Waals surface area contributed by atoms with Gasteiger partial charge in [-0.25, -0.2) is 8.42 Å². The van der Waals surface area contributed by atoms with Crippen molar-refractivity contribution in [3.8, 4) is 0 Å². The van der Waals surface area contributed by atoms with Gasteiger partial charge < -0.3 is 20.1 Å². The molecule has 0 aromatic rings. The lowest BCUT2D eigenvalue weighted by atomic mass is 9.96. The van der Waals surface area contributed by atoms with E-state index < -0.39 is 34.1 Å². The number of sulfonamides is 1. The van der Waals surface area contributed by atoms with E-state index in [1.165, 1.54) is 4.90 Å². The molecule has 11 heteroatoms. The van der Waals surface area contributed by atoms with Crippen molar-refractivity contribution < 1.29 is 32.6 Å². The maximum Gasteiger partial charge on any atom is 0.318 e. The van der Waals surface area contributed by atoms with Gasteiger partial charge in [0.25, 0.3) is 0 Å². The Labute approximate surface area is 153 Å². The summed E-state index contributed by atoms with van der Waals surface area (Å²) in [6.45, 7) is 4.85. The summed E-state index contributed by atoms with van der Waals surface area (Å²) >= 11 is 0. The summed E-state index contributed by atoms with van der Waals surface area (Å²) in [5, 5.41) is 11.4. The first-order valence-corrected chi connectivity index (χ1v) is 10.00. The van der Waals surface area contributed by atoms with Gasteiger partial charge in [0, 0.05) is 25.0 Å². The van der Waals surface area contributed by atoms with Gasteiger partial charge in [0.2, 0.25) is 21.8 Å². The van der Waals surface area contributed by atoms with Gasteiger partial charge in [0.05, 0.1) is 25.5 Å². The molecular formula is C15H27N3O7S. The average molecular weight is 393 g/mol. The molecule has 0 radical (unpaired) electrons. The van der Waals surface area contributed by atoms with Gasteiger partial charge in [0.15, 0.2) is 0 Å². The van der Waals surface area contributed by atoms with Gasteiger partial charge in [-0.1, -0.05) is 20.8 Å². The fourth-order valence-electron chi connectivity index (χ4n) is 2.28. The highest BCUT2D eigenvalue weighted by Crippen LogP contribution is 2.13. The first-order chi connectivity index (χ1) is 11.8. The van der Waals surface area contributed by atoms with E-state index in [2.05, 4.69) is 5.32 Å². The van der Waals surface area contributed by atoms with E-state index in [4.69, 9.17) is 9.84 Å². The third kappa shape index (κ3) is 7.26. The van der Waals surface area contributed by atoms with Crippen LogP contribution in [0.2, 0.25) is 0 Å². The highest BCUT2D eigenvalue weighted by Gasteiger charge is 2.30. The summed E-state index contributed by atoms with van der Waals surface area (Å²) in [6.07, 6.45) is 0.282. The molecule has 1 aliphatic rings. The Morgan fingerprint density at radius 2 is 1.92 bits per heavy atom. The fourth-order valence-corrected chi connectivity index (χ4v) is 3.07. The third-order valence-corrected chi connectivity index (χ3v) is 4.98. The average Bonchev–Trinajstić information content (AvgIpc) is 2.49. The standard InChI is InChI=1S/C15H27N3O7S/c1-15(2,3)14(22)16-7-12(19)17-5-6-25-11(8-17)9-18(10-13(20)21)26(4,23)24/h11H,5-10H2,1-4H3,(H,16,22)(H,20,21). The van der Waals surface area contributed by atoms with Crippen LogP contribution in [0.1, 0.15) is 20.8 Å². The molecule has 1 atom stereocenters. The van der Waals surface area contributed by atoms with Crippen LogP contribution in [-0.2, 0) is 29.1 Å². The number of rotatable bonds is 7. The largest absolute Gasteiger partial charge is 0.480 e. The molecule has 2 amide bonds. The molecule has 0 aromatic heterocycles. The molecule has 1 fully saturated rings. The Kier molecular flexibility index (Phi) is 7.54. The van der Waals surface area contributed by atoms with Gasteiger partial charge in [-0.15, -0.1) is 0 Å². The molecule has 0 spiro atoms. The predicted octanol–water partition coefficient (Wildman–Crippen LogP) is -1.28. The lowest BCUT2D eigenvalue weighted by Gasteiger charge is -2.35. The molecule has 26 heavy (non-hydrogen) atoms. The highest BCUT2D eigenvalue weighted by molar-refractivity contribution is 7.88. The Morgan fingerprint density at radius 1 is 1.31 bits per heavy atom. The van der Waals surface area contributed by atoms with Gasteiger partial charge in [-0.2, -0.15) is 4.31 Å². The number of nitrogens with zero attached hydrogens (tertiary/aromatic N) is 2. The second kappa shape index (κ2) is 8.78. The predicted molar refractivity (Wildman–Crippen MR) is 92.8 cm³/mol. The van der Waals surface area contributed by atoms with Crippen molar-refractivity contribution in [3.05, 3.63) is 0 Å². The topological polar surface area (TPSA) is 133 Å². The second-order valence-electron chi connectivity index (χ2n) is 7.21. The maximum atomic E-state index is 12.3. The number of aliphatic carboxylic acids is 1. The molecule has 0 aromatic carbocycles. The smallest absolute Gasteiger partial charge is 0.318 e. The van der Waals surface area contributed by atoms with Crippen molar-refractivity contribution in [1.29, 1.82) is 0 Å². The minimum absolute atomic E-state index is 0.121. The first kappa shape index (κ1) is 22.3. The number of carboxylic acids is 1. The van der Waals surface area contributed by atoms with Crippen molar-refractivity contribution in [1.82, 2.24) is 14.5 Å². The van der Waals surface area contributed by atoms with Gasteiger partial charge in [0.1, 0.15) is 6.54 Å². The molecule has 2 N–H and O–H groups in total. The lowest BCUT2D eigenvalue weighted by Crippen LogP contribution is -2.53. The normalized spacial score (nSPS) is 18.7. The Hall–Kier alpha value is -1.72. The van der Waals surface area contributed by atoms with E-state index >= 15 is 0 Å². The van der Waals surface area contributed by atoms with Gasteiger partial charge >= 0.3 is 5.97 Å². The van der Waals surface area contributed by atoms with Crippen LogP contribution < -0.4 is 5.32 Å². The van der Waals surface area contributed by atoms with E-state index in [1.807, 2.05) is 0 Å². The number of nitrogens with one attached hydrogen (secondary N) is 1. The summed E-state index contributed by atoms with van der Waals surface area (Å²) < 4.78 is 29.7. The molecule has 0 saturated carbocycles. The monoisotopic (exact) mass is 393 g/mol. The van der Waals surface area contributed by atoms with Crippen molar-refractivity contribution >= 4 is 27.8 Å². The Balaban J connectivity index is 2.64. The molecule has 0 bridgehead atoms. The van der Waals surface area contributed by atoms with Crippen LogP contribution >= 0.6 is 0 Å². The zero-order chi connectivity index (χ0) is 20.1. The molecule has 1 rings (SSSR count). The van der Waals surface area contributed by atoms with Crippen LogP contribution in [-0.4, -0.2) is 92.2 Å². The highest BCUT2D eigenvalue weighted by atomic mass is 32.2. The van der Waals surface area contributed by atoms with E-state index in [0.29, 0.717) is 6.54 Å². The number of ether oxygens (including phenoxy) is 1. The number of morpholine rings is 1. The van der Waals surface area contributed by atoms with Crippen molar-refractivity contribution in [3.63, 3.8) is 0 Å². The van der Waals surface area contributed by atoms with Gasteiger partial charge in [-0.05, 0) is 0 Å². The van der Waals surface area contributed by atoms with Crippen molar-refractivity contribution in [2.75, 3.05) is 45.6 Å². The molecule has 1 unspecified atom stereocenters. The SMILES string of the molecule is CC(C)(C)C(=O)NCC(=O)N1CCOC(CN(CC(=O)O)S(C)(=O)=O)C1. The molecule has 1 heterocycles. The minimum Gasteiger partial charge on any atom is -0.480 e. The number of carbonyl (C=O) groups is 3. The number of amides is 2. The number of carbonyl (C=O) groups excluding carboxylic acids is 2. The fraction of sp³-hybridized carbons (Fsp3) is 0.800. The van der Waals surface area contributed by atoms with Crippen molar-refractivity contribution in [2.24, 2.45) is 5.41 Å². The van der Waals surface area contributed by atoms with E-state index in [-0.39, 0.29) is 38.1 Å². The maximum absolute atomic E-state index is 12.3. The van der Waals surface area contributed by atoms with Crippen LogP contribution in [0.15, 0.2) is 0 Å². The Morgan fingerprint density at radius 3 is 2.42 bits per heavy atom. The van der Waals surface area contributed by atoms with Crippen LogP contribution in [0, 0.1) is 5.41 Å². The summed E-state index contributed by atoms with van der Waals surface area (Å²) in [5.74, 6) is -1.83. The molecule has 0 aliphatic carbocycles. The molecule has 1 aliphatic heterocycles. The van der Waals surface area contributed by atoms with Crippen LogP contribution in [0.5, 0.6) is 0 Å². The molecule has 150 valence electrons. The summed E-state index contributed by atoms with van der Waals surface area (Å²) in [4.78, 5) is 36.4. The first-order valence-electron chi connectivity index (χ1n) is 8.15. The summed E-state index contributed by atoms with van der Waals surface area (Å²) in [7, 11) is -3.72. The third-order valence-electron chi connectivity index (χ3n) is 3.76.